The smallest absolute Gasteiger partial charge is 0.292 e. The third-order valence-corrected chi connectivity index (χ3v) is 2.88. The topological polar surface area (TPSA) is 77.3 Å². The Hall–Kier alpha value is -2.63. The normalized spacial score (nSPS) is 10.1. The standard InChI is InChI=1S/C14H15N3O3/c1-20-12-2-3-14(17(18)19)13(10-12)16-9-6-11-4-7-15-8-5-11/h2-5,7-8,10,16H,6,9H2,1H3. The molecular formula is C14H15N3O3. The van der Waals surface area contributed by atoms with Crippen molar-refractivity contribution in [2.45, 2.75) is 6.42 Å². The molecule has 2 rings (SSSR count). The summed E-state index contributed by atoms with van der Waals surface area (Å²) < 4.78 is 5.08. The van der Waals surface area contributed by atoms with Crippen LogP contribution >= 0.6 is 0 Å². The summed E-state index contributed by atoms with van der Waals surface area (Å²) in [5, 5.41) is 14.0. The van der Waals surface area contributed by atoms with E-state index >= 15 is 0 Å². The lowest BCUT2D eigenvalue weighted by atomic mass is 10.2. The zero-order valence-electron chi connectivity index (χ0n) is 11.1. The molecule has 0 saturated heterocycles. The average Bonchev–Trinajstić information content (AvgIpc) is 2.48. The zero-order chi connectivity index (χ0) is 14.4. The summed E-state index contributed by atoms with van der Waals surface area (Å²) in [4.78, 5) is 14.5. The molecule has 0 bridgehead atoms. The Labute approximate surface area is 116 Å². The van der Waals surface area contributed by atoms with Gasteiger partial charge in [0, 0.05) is 31.1 Å². The van der Waals surface area contributed by atoms with Crippen molar-refractivity contribution in [1.29, 1.82) is 0 Å². The number of nitrogens with zero attached hydrogens (tertiary/aromatic N) is 2. The molecule has 0 atom stereocenters. The van der Waals surface area contributed by atoms with Crippen LogP contribution in [-0.4, -0.2) is 23.6 Å². The van der Waals surface area contributed by atoms with Crippen molar-refractivity contribution in [2.24, 2.45) is 0 Å². The number of benzene rings is 1. The van der Waals surface area contributed by atoms with Gasteiger partial charge in [0.15, 0.2) is 0 Å². The van der Waals surface area contributed by atoms with Crippen molar-refractivity contribution in [3.05, 3.63) is 58.4 Å². The predicted molar refractivity (Wildman–Crippen MR) is 76.1 cm³/mol. The van der Waals surface area contributed by atoms with Crippen LogP contribution in [0, 0.1) is 10.1 Å². The van der Waals surface area contributed by atoms with Gasteiger partial charge in [-0.25, -0.2) is 0 Å². The van der Waals surface area contributed by atoms with Gasteiger partial charge in [0.1, 0.15) is 11.4 Å². The average molecular weight is 273 g/mol. The minimum Gasteiger partial charge on any atom is -0.497 e. The number of methoxy groups -OCH3 is 1. The van der Waals surface area contributed by atoms with Gasteiger partial charge in [-0.05, 0) is 30.2 Å². The fourth-order valence-electron chi connectivity index (χ4n) is 1.83. The minimum absolute atomic E-state index is 0.0422. The van der Waals surface area contributed by atoms with Gasteiger partial charge in [-0.1, -0.05) is 0 Å². The van der Waals surface area contributed by atoms with Crippen LogP contribution in [0.3, 0.4) is 0 Å². The van der Waals surface area contributed by atoms with Crippen LogP contribution < -0.4 is 10.1 Å². The summed E-state index contributed by atoms with van der Waals surface area (Å²) in [5.74, 6) is 0.585. The molecule has 1 aromatic carbocycles. The first kappa shape index (κ1) is 13.8. The molecule has 0 aliphatic rings. The van der Waals surface area contributed by atoms with Gasteiger partial charge in [-0.2, -0.15) is 0 Å². The number of hydrogen-bond donors (Lipinski definition) is 1. The lowest BCUT2D eigenvalue weighted by Gasteiger charge is -2.08. The van der Waals surface area contributed by atoms with E-state index in [1.165, 1.54) is 13.2 Å². The molecule has 0 amide bonds. The van der Waals surface area contributed by atoms with Crippen LogP contribution in [0.25, 0.3) is 0 Å². The van der Waals surface area contributed by atoms with Gasteiger partial charge in [0.05, 0.1) is 12.0 Å². The Kier molecular flexibility index (Phi) is 4.49. The molecule has 0 aliphatic carbocycles. The number of anilines is 1. The fourth-order valence-corrected chi connectivity index (χ4v) is 1.83. The third-order valence-electron chi connectivity index (χ3n) is 2.88. The Morgan fingerprint density at radius 2 is 2.05 bits per heavy atom. The summed E-state index contributed by atoms with van der Waals surface area (Å²) in [7, 11) is 1.53. The summed E-state index contributed by atoms with van der Waals surface area (Å²) >= 11 is 0. The van der Waals surface area contributed by atoms with Crippen molar-refractivity contribution in [3.63, 3.8) is 0 Å². The Morgan fingerprint density at radius 1 is 1.30 bits per heavy atom. The number of pyridine rings is 1. The van der Waals surface area contributed by atoms with Gasteiger partial charge in [0.25, 0.3) is 5.69 Å². The second-order valence-corrected chi connectivity index (χ2v) is 4.17. The highest BCUT2D eigenvalue weighted by molar-refractivity contribution is 5.64. The molecule has 6 nitrogen and oxygen atoms in total. The summed E-state index contributed by atoms with van der Waals surface area (Å²) in [6, 6.07) is 8.48. The monoisotopic (exact) mass is 273 g/mol. The van der Waals surface area contributed by atoms with E-state index in [0.717, 1.165) is 12.0 Å². The number of nitro benzene ring substituents is 1. The van der Waals surface area contributed by atoms with E-state index in [0.29, 0.717) is 18.0 Å². The molecule has 1 N–H and O–H groups in total. The van der Waals surface area contributed by atoms with E-state index in [9.17, 15) is 10.1 Å². The first-order valence-corrected chi connectivity index (χ1v) is 6.16. The highest BCUT2D eigenvalue weighted by Crippen LogP contribution is 2.28. The van der Waals surface area contributed by atoms with Crippen molar-refractivity contribution in [2.75, 3.05) is 19.0 Å². The maximum atomic E-state index is 11.0. The largest absolute Gasteiger partial charge is 0.497 e. The minimum atomic E-state index is -0.409. The highest BCUT2D eigenvalue weighted by Gasteiger charge is 2.13. The number of nitro groups is 1. The first-order chi connectivity index (χ1) is 9.70. The van der Waals surface area contributed by atoms with Crippen LogP contribution in [0.2, 0.25) is 0 Å². The van der Waals surface area contributed by atoms with Gasteiger partial charge in [0.2, 0.25) is 0 Å². The molecule has 0 aliphatic heterocycles. The summed E-state index contributed by atoms with van der Waals surface area (Å²) in [6.07, 6.45) is 4.21. The lowest BCUT2D eigenvalue weighted by Crippen LogP contribution is -2.07. The van der Waals surface area contributed by atoms with Crippen LogP contribution in [-0.2, 0) is 6.42 Å². The van der Waals surface area contributed by atoms with E-state index in [4.69, 9.17) is 4.74 Å². The summed E-state index contributed by atoms with van der Waals surface area (Å²) in [5.41, 5.74) is 1.63. The molecule has 20 heavy (non-hydrogen) atoms. The maximum Gasteiger partial charge on any atom is 0.292 e. The number of rotatable bonds is 6. The molecule has 0 fully saturated rings. The van der Waals surface area contributed by atoms with Gasteiger partial charge in [-0.3, -0.25) is 15.1 Å². The Bertz CT molecular complexity index is 587. The third kappa shape index (κ3) is 3.44. The molecule has 2 aromatic rings. The molecule has 0 radical (unpaired) electrons. The van der Waals surface area contributed by atoms with E-state index < -0.39 is 4.92 Å². The van der Waals surface area contributed by atoms with Crippen LogP contribution in [0.15, 0.2) is 42.7 Å². The SMILES string of the molecule is COc1ccc([N+](=O)[O-])c(NCCc2ccncc2)c1. The van der Waals surface area contributed by atoms with Crippen LogP contribution in [0.5, 0.6) is 5.75 Å². The van der Waals surface area contributed by atoms with E-state index in [2.05, 4.69) is 10.3 Å². The highest BCUT2D eigenvalue weighted by atomic mass is 16.6. The maximum absolute atomic E-state index is 11.0. The number of hydrogen-bond acceptors (Lipinski definition) is 5. The molecule has 104 valence electrons. The molecule has 1 heterocycles. The van der Waals surface area contributed by atoms with Crippen molar-refractivity contribution in [1.82, 2.24) is 4.98 Å². The van der Waals surface area contributed by atoms with Gasteiger partial charge < -0.3 is 10.1 Å². The van der Waals surface area contributed by atoms with Crippen LogP contribution in [0.1, 0.15) is 5.56 Å². The van der Waals surface area contributed by atoms with Crippen molar-refractivity contribution >= 4 is 11.4 Å². The molecule has 0 unspecified atom stereocenters. The zero-order valence-corrected chi connectivity index (χ0v) is 11.1. The number of nitrogens with one attached hydrogen (secondary N) is 1. The van der Waals surface area contributed by atoms with Crippen LogP contribution in [0.4, 0.5) is 11.4 Å². The quantitative estimate of drug-likeness (QED) is 0.646. The number of ether oxygens (including phenoxy) is 1. The Morgan fingerprint density at radius 3 is 2.70 bits per heavy atom. The predicted octanol–water partition coefficient (Wildman–Crippen LogP) is 2.65. The van der Waals surface area contributed by atoms with Gasteiger partial charge >= 0.3 is 0 Å². The number of aromatic nitrogens is 1. The van der Waals surface area contributed by atoms with Crippen molar-refractivity contribution in [3.8, 4) is 5.75 Å². The molecule has 6 heteroatoms. The Balaban J connectivity index is 2.06. The van der Waals surface area contributed by atoms with E-state index in [1.54, 1.807) is 24.5 Å². The fraction of sp³-hybridized carbons (Fsp3) is 0.214. The second kappa shape index (κ2) is 6.51. The lowest BCUT2D eigenvalue weighted by molar-refractivity contribution is -0.384. The summed E-state index contributed by atoms with van der Waals surface area (Å²) in [6.45, 7) is 0.595. The molecular weight excluding hydrogens is 258 g/mol. The van der Waals surface area contributed by atoms with Crippen molar-refractivity contribution < 1.29 is 9.66 Å². The molecule has 1 aromatic heterocycles. The van der Waals surface area contributed by atoms with E-state index in [-0.39, 0.29) is 5.69 Å². The second-order valence-electron chi connectivity index (χ2n) is 4.17. The first-order valence-electron chi connectivity index (χ1n) is 6.16. The molecule has 0 spiro atoms. The molecule has 0 saturated carbocycles. The van der Waals surface area contributed by atoms with E-state index in [1.807, 2.05) is 12.1 Å². The van der Waals surface area contributed by atoms with Gasteiger partial charge in [-0.15, -0.1) is 0 Å².